The fourth-order valence-corrected chi connectivity index (χ4v) is 1.61. The molecule has 0 spiro atoms. The molecule has 0 aromatic carbocycles. The number of aromatic nitrogens is 1. The highest BCUT2D eigenvalue weighted by Crippen LogP contribution is 2.23. The summed E-state index contributed by atoms with van der Waals surface area (Å²) in [5, 5.41) is 2.33. The Morgan fingerprint density at radius 1 is 1.29 bits per heavy atom. The van der Waals surface area contributed by atoms with E-state index in [0.29, 0.717) is 12.8 Å². The van der Waals surface area contributed by atoms with Gasteiger partial charge in [-0.15, -0.1) is 0 Å². The lowest BCUT2D eigenvalue weighted by molar-refractivity contribution is -0.134. The second-order valence-corrected chi connectivity index (χ2v) is 3.28. The number of amides is 2. The Kier molecular flexibility index (Phi) is 2.26. The number of nitrogens with zero attached hydrogens (tertiary/aromatic N) is 1. The van der Waals surface area contributed by atoms with Gasteiger partial charge in [-0.25, -0.2) is 0 Å². The Morgan fingerprint density at radius 2 is 2.00 bits per heavy atom. The van der Waals surface area contributed by atoms with Crippen LogP contribution >= 0.6 is 0 Å². The Balaban J connectivity index is 2.20. The first-order valence-corrected chi connectivity index (χ1v) is 4.51. The summed E-state index contributed by atoms with van der Waals surface area (Å²) in [6.45, 7) is 0. The van der Waals surface area contributed by atoms with Crippen LogP contribution < -0.4 is 5.32 Å². The summed E-state index contributed by atoms with van der Waals surface area (Å²) in [5.74, 6) is -0.580. The topological polar surface area (TPSA) is 59.1 Å². The van der Waals surface area contributed by atoms with E-state index in [-0.39, 0.29) is 17.7 Å². The highest BCUT2D eigenvalue weighted by Gasteiger charge is 2.27. The molecule has 2 heterocycles. The summed E-state index contributed by atoms with van der Waals surface area (Å²) in [6, 6.07) is 3.61. The van der Waals surface area contributed by atoms with Gasteiger partial charge in [-0.2, -0.15) is 0 Å². The number of rotatable bonds is 1. The van der Waals surface area contributed by atoms with E-state index in [4.69, 9.17) is 0 Å². The molecule has 4 nitrogen and oxygen atoms in total. The monoisotopic (exact) mass is 190 g/mol. The van der Waals surface area contributed by atoms with Crippen LogP contribution in [0, 0.1) is 0 Å². The third-order valence-corrected chi connectivity index (χ3v) is 2.35. The highest BCUT2D eigenvalue weighted by atomic mass is 16.2. The third kappa shape index (κ3) is 1.64. The first kappa shape index (κ1) is 8.87. The molecule has 1 fully saturated rings. The van der Waals surface area contributed by atoms with E-state index in [0.717, 1.165) is 5.56 Å². The second-order valence-electron chi connectivity index (χ2n) is 3.28. The number of carbonyl (C=O) groups excluding carboxylic acids is 2. The van der Waals surface area contributed by atoms with Crippen molar-refractivity contribution in [1.82, 2.24) is 10.3 Å². The van der Waals surface area contributed by atoms with Gasteiger partial charge in [0.05, 0.1) is 5.92 Å². The molecule has 1 saturated heterocycles. The first-order valence-electron chi connectivity index (χ1n) is 4.51. The quantitative estimate of drug-likeness (QED) is 0.660. The Morgan fingerprint density at radius 3 is 2.64 bits per heavy atom. The van der Waals surface area contributed by atoms with Gasteiger partial charge in [0.15, 0.2) is 0 Å². The van der Waals surface area contributed by atoms with Crippen molar-refractivity contribution >= 4 is 11.8 Å². The summed E-state index contributed by atoms with van der Waals surface area (Å²) in [7, 11) is 0. The SMILES string of the molecule is O=C1CCC(c2ccncc2)C(=O)N1. The molecule has 1 aliphatic heterocycles. The lowest BCUT2D eigenvalue weighted by Crippen LogP contribution is -2.39. The van der Waals surface area contributed by atoms with Crippen molar-refractivity contribution in [3.63, 3.8) is 0 Å². The Hall–Kier alpha value is -1.71. The van der Waals surface area contributed by atoms with E-state index < -0.39 is 0 Å². The summed E-state index contributed by atoms with van der Waals surface area (Å²) < 4.78 is 0. The van der Waals surface area contributed by atoms with Crippen molar-refractivity contribution in [1.29, 1.82) is 0 Å². The molecule has 72 valence electrons. The number of piperidine rings is 1. The molecule has 4 heteroatoms. The van der Waals surface area contributed by atoms with Crippen LogP contribution in [0.5, 0.6) is 0 Å². The Bertz CT molecular complexity index is 362. The molecule has 2 rings (SSSR count). The summed E-state index contributed by atoms with van der Waals surface area (Å²) in [5.41, 5.74) is 0.921. The molecule has 2 amide bonds. The van der Waals surface area contributed by atoms with Gasteiger partial charge in [0.25, 0.3) is 0 Å². The molecular weight excluding hydrogens is 180 g/mol. The number of hydrogen-bond acceptors (Lipinski definition) is 3. The van der Waals surface area contributed by atoms with E-state index in [9.17, 15) is 9.59 Å². The van der Waals surface area contributed by atoms with E-state index in [1.807, 2.05) is 0 Å². The van der Waals surface area contributed by atoms with Gasteiger partial charge in [-0.1, -0.05) is 0 Å². The fourth-order valence-electron chi connectivity index (χ4n) is 1.61. The standard InChI is InChI=1S/C10H10N2O2/c13-9-2-1-8(10(14)12-9)7-3-5-11-6-4-7/h3-6,8H,1-2H2,(H,12,13,14). The molecule has 1 unspecified atom stereocenters. The summed E-state index contributed by atoms with van der Waals surface area (Å²) >= 11 is 0. The van der Waals surface area contributed by atoms with Crippen LogP contribution in [0.3, 0.4) is 0 Å². The van der Waals surface area contributed by atoms with Crippen molar-refractivity contribution in [2.24, 2.45) is 0 Å². The van der Waals surface area contributed by atoms with E-state index in [2.05, 4.69) is 10.3 Å². The van der Waals surface area contributed by atoms with E-state index >= 15 is 0 Å². The van der Waals surface area contributed by atoms with Gasteiger partial charge in [-0.05, 0) is 24.1 Å². The van der Waals surface area contributed by atoms with Crippen LogP contribution in [0.2, 0.25) is 0 Å². The molecule has 1 aromatic rings. The number of nitrogens with one attached hydrogen (secondary N) is 1. The highest BCUT2D eigenvalue weighted by molar-refractivity contribution is 6.00. The molecule has 0 radical (unpaired) electrons. The summed E-state index contributed by atoms with van der Waals surface area (Å²) in [4.78, 5) is 26.2. The molecule has 0 saturated carbocycles. The number of hydrogen-bond donors (Lipinski definition) is 1. The largest absolute Gasteiger partial charge is 0.296 e. The van der Waals surface area contributed by atoms with Crippen LogP contribution in [0.25, 0.3) is 0 Å². The van der Waals surface area contributed by atoms with Gasteiger partial charge < -0.3 is 0 Å². The third-order valence-electron chi connectivity index (χ3n) is 2.35. The first-order chi connectivity index (χ1) is 6.77. The predicted octanol–water partition coefficient (Wildman–Crippen LogP) is 0.602. The number of pyridine rings is 1. The normalized spacial score (nSPS) is 21.9. The molecule has 1 atom stereocenters. The molecule has 14 heavy (non-hydrogen) atoms. The van der Waals surface area contributed by atoms with Gasteiger partial charge in [0.2, 0.25) is 11.8 Å². The van der Waals surface area contributed by atoms with Crippen molar-refractivity contribution in [3.05, 3.63) is 30.1 Å². The lowest BCUT2D eigenvalue weighted by atomic mass is 9.91. The van der Waals surface area contributed by atoms with E-state index in [1.165, 1.54) is 0 Å². The average molecular weight is 190 g/mol. The number of imide groups is 1. The van der Waals surface area contributed by atoms with E-state index in [1.54, 1.807) is 24.5 Å². The maximum Gasteiger partial charge on any atom is 0.234 e. The molecule has 1 aromatic heterocycles. The van der Waals surface area contributed by atoms with Crippen LogP contribution in [-0.2, 0) is 9.59 Å². The minimum atomic E-state index is -0.201. The fraction of sp³-hybridized carbons (Fsp3) is 0.300. The molecule has 0 bridgehead atoms. The molecule has 0 aliphatic carbocycles. The zero-order chi connectivity index (χ0) is 9.97. The lowest BCUT2D eigenvalue weighted by Gasteiger charge is -2.20. The zero-order valence-electron chi connectivity index (χ0n) is 7.56. The van der Waals surface area contributed by atoms with Gasteiger partial charge >= 0.3 is 0 Å². The smallest absolute Gasteiger partial charge is 0.234 e. The van der Waals surface area contributed by atoms with Gasteiger partial charge in [0, 0.05) is 18.8 Å². The summed E-state index contributed by atoms with van der Waals surface area (Å²) in [6.07, 6.45) is 4.31. The van der Waals surface area contributed by atoms with Crippen molar-refractivity contribution in [3.8, 4) is 0 Å². The van der Waals surface area contributed by atoms with Crippen molar-refractivity contribution < 1.29 is 9.59 Å². The van der Waals surface area contributed by atoms with Crippen LogP contribution in [0.1, 0.15) is 24.3 Å². The van der Waals surface area contributed by atoms with Crippen molar-refractivity contribution in [2.45, 2.75) is 18.8 Å². The van der Waals surface area contributed by atoms with Crippen LogP contribution in [-0.4, -0.2) is 16.8 Å². The Labute approximate surface area is 81.3 Å². The molecule has 1 N–H and O–H groups in total. The maximum atomic E-state index is 11.5. The van der Waals surface area contributed by atoms with Gasteiger partial charge in [0.1, 0.15) is 0 Å². The minimum absolute atomic E-state index is 0.180. The second kappa shape index (κ2) is 3.57. The predicted molar refractivity (Wildman–Crippen MR) is 49.4 cm³/mol. The van der Waals surface area contributed by atoms with Crippen molar-refractivity contribution in [2.75, 3.05) is 0 Å². The number of carbonyl (C=O) groups is 2. The zero-order valence-corrected chi connectivity index (χ0v) is 7.56. The maximum absolute atomic E-state index is 11.5. The van der Waals surface area contributed by atoms with Crippen LogP contribution in [0.4, 0.5) is 0 Å². The van der Waals surface area contributed by atoms with Gasteiger partial charge in [-0.3, -0.25) is 19.9 Å². The molecule has 1 aliphatic rings. The average Bonchev–Trinajstić information content (AvgIpc) is 2.19. The minimum Gasteiger partial charge on any atom is -0.296 e. The molecular formula is C10H10N2O2. The van der Waals surface area contributed by atoms with Crippen LogP contribution in [0.15, 0.2) is 24.5 Å².